The van der Waals surface area contributed by atoms with Crippen LogP contribution in [0.5, 0.6) is 0 Å². The lowest BCUT2D eigenvalue weighted by molar-refractivity contribution is -0.120. The second-order valence-corrected chi connectivity index (χ2v) is 8.76. The predicted molar refractivity (Wildman–Crippen MR) is 115 cm³/mol. The van der Waals surface area contributed by atoms with Gasteiger partial charge in [-0.1, -0.05) is 39.2 Å². The molecule has 0 spiro atoms. The van der Waals surface area contributed by atoms with Crippen LogP contribution in [-0.2, 0) is 9.53 Å². The fraction of sp³-hybridized carbons (Fsp3) is 0.652. The lowest BCUT2D eigenvalue weighted by Crippen LogP contribution is -2.48. The Morgan fingerprint density at radius 2 is 2.00 bits per heavy atom. The second kappa shape index (κ2) is 10.7. The highest BCUT2D eigenvalue weighted by Crippen LogP contribution is 2.25. The first-order valence-electron chi connectivity index (χ1n) is 11.0. The normalized spacial score (nSPS) is 21.1. The molecule has 1 aromatic carbocycles. The monoisotopic (exact) mass is 401 g/mol. The number of hydrogen-bond donors (Lipinski definition) is 2. The lowest BCUT2D eigenvalue weighted by atomic mass is 9.88. The molecule has 2 aliphatic rings. The van der Waals surface area contributed by atoms with E-state index in [1.807, 2.05) is 12.1 Å². The maximum Gasteiger partial charge on any atom is 0.251 e. The number of ether oxygens (including phenoxy) is 1. The number of carbonyl (C=O) groups is 2. The van der Waals surface area contributed by atoms with Gasteiger partial charge in [0.25, 0.3) is 5.91 Å². The third kappa shape index (κ3) is 6.82. The Labute approximate surface area is 174 Å². The Bertz CT molecular complexity index is 686. The summed E-state index contributed by atoms with van der Waals surface area (Å²) in [7, 11) is 0. The third-order valence-electron chi connectivity index (χ3n) is 5.70. The number of morpholine rings is 1. The van der Waals surface area contributed by atoms with E-state index in [1.54, 1.807) is 12.1 Å². The Kier molecular flexibility index (Phi) is 8.07. The molecular formula is C23H35N3O3. The molecule has 0 radical (unpaired) electrons. The number of nitrogens with zero attached hydrogens (tertiary/aromatic N) is 1. The molecule has 1 aliphatic heterocycles. The molecule has 6 nitrogen and oxygen atoms in total. The zero-order chi connectivity index (χ0) is 20.6. The zero-order valence-electron chi connectivity index (χ0n) is 17.8. The average Bonchev–Trinajstić information content (AvgIpc) is 2.72. The van der Waals surface area contributed by atoms with Gasteiger partial charge < -0.3 is 15.4 Å². The Morgan fingerprint density at radius 1 is 1.21 bits per heavy atom. The van der Waals surface area contributed by atoms with Crippen molar-refractivity contribution in [1.29, 1.82) is 0 Å². The molecule has 1 aliphatic carbocycles. The van der Waals surface area contributed by atoms with E-state index in [4.69, 9.17) is 4.74 Å². The number of benzene rings is 1. The molecule has 1 atom stereocenters. The zero-order valence-corrected chi connectivity index (χ0v) is 17.8. The van der Waals surface area contributed by atoms with Crippen LogP contribution in [0.4, 0.5) is 5.69 Å². The molecule has 1 aromatic rings. The molecule has 1 saturated heterocycles. The van der Waals surface area contributed by atoms with Crippen molar-refractivity contribution in [3.05, 3.63) is 29.8 Å². The molecule has 6 heteroatoms. The Hall–Kier alpha value is -1.92. The number of carbonyl (C=O) groups excluding carboxylic acids is 2. The van der Waals surface area contributed by atoms with Crippen LogP contribution in [0.2, 0.25) is 0 Å². The van der Waals surface area contributed by atoms with E-state index in [2.05, 4.69) is 29.4 Å². The highest BCUT2D eigenvalue weighted by molar-refractivity contribution is 5.97. The van der Waals surface area contributed by atoms with Crippen LogP contribution in [0.15, 0.2) is 24.3 Å². The van der Waals surface area contributed by atoms with Gasteiger partial charge in [-0.2, -0.15) is 0 Å². The number of anilines is 1. The number of rotatable bonds is 7. The topological polar surface area (TPSA) is 70.7 Å². The number of amides is 2. The summed E-state index contributed by atoms with van der Waals surface area (Å²) in [6.07, 6.45) is 5.40. The maximum atomic E-state index is 12.6. The van der Waals surface area contributed by atoms with Gasteiger partial charge in [-0.3, -0.25) is 14.5 Å². The van der Waals surface area contributed by atoms with Gasteiger partial charge in [0.1, 0.15) is 0 Å². The van der Waals surface area contributed by atoms with Crippen molar-refractivity contribution in [3.8, 4) is 0 Å². The highest BCUT2D eigenvalue weighted by Gasteiger charge is 2.23. The maximum absolute atomic E-state index is 12.6. The van der Waals surface area contributed by atoms with E-state index >= 15 is 0 Å². The standard InChI is InChI=1S/C23H35N3O3/c1-17(2)15-26-11-12-29-21(16-26)14-24-22(27)19-9-6-10-20(13-19)25-23(28)18-7-4-3-5-8-18/h6,9-10,13,17-18,21H,3-5,7-8,11-12,14-16H2,1-2H3,(H,24,27)(H,25,28). The molecule has 0 bridgehead atoms. The SMILES string of the molecule is CC(C)CN1CCOC(CNC(=O)c2cccc(NC(=O)C3CCCCC3)c2)C1. The molecule has 3 rings (SSSR count). The number of hydrogen-bond acceptors (Lipinski definition) is 4. The van der Waals surface area contributed by atoms with Gasteiger partial charge in [0.2, 0.25) is 5.91 Å². The van der Waals surface area contributed by atoms with Crippen molar-refractivity contribution in [3.63, 3.8) is 0 Å². The minimum absolute atomic E-state index is 0.0145. The minimum atomic E-state index is -0.136. The molecular weight excluding hydrogens is 366 g/mol. The van der Waals surface area contributed by atoms with Crippen LogP contribution in [0.25, 0.3) is 0 Å². The predicted octanol–water partition coefficient (Wildman–Crippen LogP) is 3.29. The van der Waals surface area contributed by atoms with Crippen LogP contribution in [0.3, 0.4) is 0 Å². The van der Waals surface area contributed by atoms with Crippen LogP contribution in [-0.4, -0.2) is 55.6 Å². The minimum Gasteiger partial charge on any atom is -0.374 e. The smallest absolute Gasteiger partial charge is 0.251 e. The van der Waals surface area contributed by atoms with Crippen LogP contribution < -0.4 is 10.6 Å². The van der Waals surface area contributed by atoms with Crippen LogP contribution >= 0.6 is 0 Å². The molecule has 2 fully saturated rings. The van der Waals surface area contributed by atoms with Crippen molar-refractivity contribution in [2.24, 2.45) is 11.8 Å². The van der Waals surface area contributed by atoms with Crippen molar-refractivity contribution >= 4 is 17.5 Å². The van der Waals surface area contributed by atoms with Crippen LogP contribution in [0.1, 0.15) is 56.3 Å². The molecule has 1 heterocycles. The van der Waals surface area contributed by atoms with Gasteiger partial charge in [-0.05, 0) is 37.0 Å². The summed E-state index contributed by atoms with van der Waals surface area (Å²) in [4.78, 5) is 27.4. The summed E-state index contributed by atoms with van der Waals surface area (Å²) in [6.45, 7) is 8.47. The highest BCUT2D eigenvalue weighted by atomic mass is 16.5. The van der Waals surface area contributed by atoms with E-state index < -0.39 is 0 Å². The molecule has 1 saturated carbocycles. The molecule has 2 amide bonds. The average molecular weight is 402 g/mol. The summed E-state index contributed by atoms with van der Waals surface area (Å²) in [5, 5.41) is 5.97. The summed E-state index contributed by atoms with van der Waals surface area (Å²) in [5.74, 6) is 0.653. The van der Waals surface area contributed by atoms with E-state index in [0.29, 0.717) is 30.3 Å². The molecule has 2 N–H and O–H groups in total. The summed E-state index contributed by atoms with van der Waals surface area (Å²) in [5.41, 5.74) is 1.24. The fourth-order valence-corrected chi connectivity index (χ4v) is 4.24. The summed E-state index contributed by atoms with van der Waals surface area (Å²) < 4.78 is 5.81. The number of nitrogens with one attached hydrogen (secondary N) is 2. The van der Waals surface area contributed by atoms with Crippen LogP contribution in [0, 0.1) is 11.8 Å². The van der Waals surface area contributed by atoms with Crippen molar-refractivity contribution in [2.75, 3.05) is 38.1 Å². The first kappa shape index (κ1) is 21.8. The summed E-state index contributed by atoms with van der Waals surface area (Å²) >= 11 is 0. The third-order valence-corrected chi connectivity index (χ3v) is 5.70. The van der Waals surface area contributed by atoms with Gasteiger partial charge >= 0.3 is 0 Å². The van der Waals surface area contributed by atoms with Crippen molar-refractivity contribution < 1.29 is 14.3 Å². The first-order valence-corrected chi connectivity index (χ1v) is 11.0. The summed E-state index contributed by atoms with van der Waals surface area (Å²) in [6, 6.07) is 7.18. The largest absolute Gasteiger partial charge is 0.374 e. The van der Waals surface area contributed by atoms with E-state index in [1.165, 1.54) is 6.42 Å². The fourth-order valence-electron chi connectivity index (χ4n) is 4.24. The Balaban J connectivity index is 1.49. The van der Waals surface area contributed by atoms with Gasteiger partial charge in [-0.25, -0.2) is 0 Å². The first-order chi connectivity index (χ1) is 14.0. The lowest BCUT2D eigenvalue weighted by Gasteiger charge is -2.33. The van der Waals surface area contributed by atoms with E-state index in [9.17, 15) is 9.59 Å². The second-order valence-electron chi connectivity index (χ2n) is 8.76. The van der Waals surface area contributed by atoms with Gasteiger partial charge in [0, 0.05) is 43.3 Å². The van der Waals surface area contributed by atoms with Crippen molar-refractivity contribution in [1.82, 2.24) is 10.2 Å². The van der Waals surface area contributed by atoms with Gasteiger partial charge in [-0.15, -0.1) is 0 Å². The molecule has 160 valence electrons. The van der Waals surface area contributed by atoms with E-state index in [0.717, 1.165) is 45.3 Å². The quantitative estimate of drug-likeness (QED) is 0.736. The van der Waals surface area contributed by atoms with Crippen molar-refractivity contribution in [2.45, 2.75) is 52.1 Å². The Morgan fingerprint density at radius 3 is 2.76 bits per heavy atom. The van der Waals surface area contributed by atoms with Gasteiger partial charge in [0.05, 0.1) is 12.7 Å². The molecule has 1 unspecified atom stereocenters. The molecule has 0 aromatic heterocycles. The van der Waals surface area contributed by atoms with E-state index in [-0.39, 0.29) is 23.8 Å². The van der Waals surface area contributed by atoms with Gasteiger partial charge in [0.15, 0.2) is 0 Å². The molecule has 29 heavy (non-hydrogen) atoms.